The molecule has 0 aromatic heterocycles. The highest BCUT2D eigenvalue weighted by atomic mass is 79.9. The number of hydrogen-bond donors (Lipinski definition) is 2. The van der Waals surface area contributed by atoms with Gasteiger partial charge in [-0.15, -0.1) is 0 Å². The number of piperidine rings is 1. The Hall–Kier alpha value is -1.65. The van der Waals surface area contributed by atoms with Crippen LogP contribution in [-0.4, -0.2) is 18.9 Å². The maximum absolute atomic E-state index is 5.06. The minimum atomic E-state index is 0.142. The molecule has 2 aromatic rings. The van der Waals surface area contributed by atoms with Gasteiger partial charge in [0.25, 0.3) is 0 Å². The smallest absolute Gasteiger partial charge is 0.108 e. The molecule has 1 spiro atoms. The SMILES string of the molecule is Cc1cccc(CN=C2Nc3ccc(Br)cc3CC23CCNCC3)c1. The van der Waals surface area contributed by atoms with Crippen LogP contribution < -0.4 is 10.6 Å². The predicted molar refractivity (Wildman–Crippen MR) is 108 cm³/mol. The van der Waals surface area contributed by atoms with Gasteiger partial charge in [0.2, 0.25) is 0 Å². The van der Waals surface area contributed by atoms with E-state index in [2.05, 4.69) is 76.0 Å². The van der Waals surface area contributed by atoms with Crippen LogP contribution in [0.4, 0.5) is 5.69 Å². The Labute approximate surface area is 158 Å². The number of hydrogen-bond acceptors (Lipinski definition) is 2. The number of nitrogens with zero attached hydrogens (tertiary/aromatic N) is 1. The van der Waals surface area contributed by atoms with E-state index in [-0.39, 0.29) is 5.41 Å². The van der Waals surface area contributed by atoms with Crippen LogP contribution in [0.25, 0.3) is 0 Å². The molecule has 0 unspecified atom stereocenters. The fraction of sp³-hybridized carbons (Fsp3) is 0.381. The average molecular weight is 398 g/mol. The van der Waals surface area contributed by atoms with E-state index >= 15 is 0 Å². The molecule has 0 saturated carbocycles. The molecule has 2 heterocycles. The number of amidine groups is 1. The van der Waals surface area contributed by atoms with Gasteiger partial charge in [-0.3, -0.25) is 4.99 Å². The summed E-state index contributed by atoms with van der Waals surface area (Å²) in [6.45, 7) is 5.01. The number of anilines is 1. The van der Waals surface area contributed by atoms with Crippen molar-refractivity contribution >= 4 is 27.5 Å². The summed E-state index contributed by atoms with van der Waals surface area (Å²) in [4.78, 5) is 5.06. The molecule has 3 nitrogen and oxygen atoms in total. The lowest BCUT2D eigenvalue weighted by atomic mass is 9.71. The van der Waals surface area contributed by atoms with Crippen molar-refractivity contribution in [3.05, 3.63) is 63.6 Å². The van der Waals surface area contributed by atoms with Crippen LogP contribution in [0.3, 0.4) is 0 Å². The molecular weight excluding hydrogens is 374 g/mol. The maximum Gasteiger partial charge on any atom is 0.108 e. The van der Waals surface area contributed by atoms with Gasteiger partial charge in [-0.2, -0.15) is 0 Å². The lowest BCUT2D eigenvalue weighted by Crippen LogP contribution is -2.48. The molecule has 0 amide bonds. The number of aliphatic imine (C=N–C) groups is 1. The highest BCUT2D eigenvalue weighted by molar-refractivity contribution is 9.10. The van der Waals surface area contributed by atoms with Gasteiger partial charge in [0.15, 0.2) is 0 Å². The Kier molecular flexibility index (Phi) is 4.65. The monoisotopic (exact) mass is 397 g/mol. The summed E-state index contributed by atoms with van der Waals surface area (Å²) in [5, 5.41) is 7.17. The first-order valence-electron chi connectivity index (χ1n) is 9.01. The fourth-order valence-corrected chi connectivity index (χ4v) is 4.45. The van der Waals surface area contributed by atoms with Crippen molar-refractivity contribution in [1.82, 2.24) is 5.32 Å². The van der Waals surface area contributed by atoms with Crippen LogP contribution in [0.5, 0.6) is 0 Å². The lowest BCUT2D eigenvalue weighted by Gasteiger charge is -2.43. The highest BCUT2D eigenvalue weighted by Crippen LogP contribution is 2.41. The number of benzene rings is 2. The van der Waals surface area contributed by atoms with E-state index in [1.165, 1.54) is 28.2 Å². The van der Waals surface area contributed by atoms with Gasteiger partial charge in [-0.05, 0) is 68.6 Å². The van der Waals surface area contributed by atoms with Crippen molar-refractivity contribution in [2.24, 2.45) is 10.4 Å². The van der Waals surface area contributed by atoms with Crippen LogP contribution >= 0.6 is 15.9 Å². The normalized spacial score (nSPS) is 20.3. The second-order valence-corrected chi connectivity index (χ2v) is 8.20. The zero-order valence-corrected chi connectivity index (χ0v) is 16.2. The second-order valence-electron chi connectivity index (χ2n) is 7.29. The largest absolute Gasteiger partial charge is 0.343 e. The molecule has 25 heavy (non-hydrogen) atoms. The van der Waals surface area contributed by atoms with Crippen molar-refractivity contribution in [3.8, 4) is 0 Å². The van der Waals surface area contributed by atoms with Crippen LogP contribution in [0, 0.1) is 12.3 Å². The van der Waals surface area contributed by atoms with E-state index in [9.17, 15) is 0 Å². The molecule has 0 atom stereocenters. The van der Waals surface area contributed by atoms with Crippen LogP contribution in [0.1, 0.15) is 29.5 Å². The highest BCUT2D eigenvalue weighted by Gasteiger charge is 2.41. The van der Waals surface area contributed by atoms with E-state index in [0.717, 1.165) is 43.4 Å². The number of rotatable bonds is 2. The molecule has 2 aromatic carbocycles. The first-order valence-corrected chi connectivity index (χ1v) is 9.81. The fourth-order valence-electron chi connectivity index (χ4n) is 4.05. The number of aryl methyl sites for hydroxylation is 1. The Morgan fingerprint density at radius 3 is 2.76 bits per heavy atom. The predicted octanol–water partition coefficient (Wildman–Crippen LogP) is 4.69. The average Bonchev–Trinajstić information content (AvgIpc) is 2.61. The summed E-state index contributed by atoms with van der Waals surface area (Å²) in [6.07, 6.45) is 3.35. The number of halogens is 1. The van der Waals surface area contributed by atoms with Crippen molar-refractivity contribution in [2.45, 2.75) is 32.7 Å². The van der Waals surface area contributed by atoms with Crippen molar-refractivity contribution in [3.63, 3.8) is 0 Å². The topological polar surface area (TPSA) is 36.4 Å². The van der Waals surface area contributed by atoms with Gasteiger partial charge in [-0.1, -0.05) is 45.8 Å². The molecule has 4 heteroatoms. The Balaban J connectivity index is 1.68. The summed E-state index contributed by atoms with van der Waals surface area (Å²) in [5.41, 5.74) is 5.31. The van der Waals surface area contributed by atoms with Crippen molar-refractivity contribution < 1.29 is 0 Å². The van der Waals surface area contributed by atoms with Gasteiger partial charge in [0, 0.05) is 15.6 Å². The molecule has 0 aliphatic carbocycles. The number of nitrogens with one attached hydrogen (secondary N) is 2. The van der Waals surface area contributed by atoms with Gasteiger partial charge >= 0.3 is 0 Å². The molecule has 130 valence electrons. The van der Waals surface area contributed by atoms with Crippen molar-refractivity contribution in [2.75, 3.05) is 18.4 Å². The molecule has 1 fully saturated rings. The van der Waals surface area contributed by atoms with Gasteiger partial charge in [-0.25, -0.2) is 0 Å². The lowest BCUT2D eigenvalue weighted by molar-refractivity contribution is 0.293. The minimum absolute atomic E-state index is 0.142. The first kappa shape index (κ1) is 16.8. The summed E-state index contributed by atoms with van der Waals surface area (Å²) < 4.78 is 1.15. The van der Waals surface area contributed by atoms with Gasteiger partial charge in [0.05, 0.1) is 6.54 Å². The quantitative estimate of drug-likeness (QED) is 0.770. The van der Waals surface area contributed by atoms with Gasteiger partial charge in [0.1, 0.15) is 5.84 Å². The molecule has 0 bridgehead atoms. The zero-order valence-electron chi connectivity index (χ0n) is 14.6. The van der Waals surface area contributed by atoms with E-state index in [4.69, 9.17) is 4.99 Å². The molecule has 1 saturated heterocycles. The summed E-state index contributed by atoms with van der Waals surface area (Å²) >= 11 is 3.62. The Bertz CT molecular complexity index is 807. The van der Waals surface area contributed by atoms with Crippen LogP contribution in [0.15, 0.2) is 51.9 Å². The molecular formula is C21H24BrN3. The summed E-state index contributed by atoms with van der Waals surface area (Å²) in [7, 11) is 0. The Morgan fingerprint density at radius 2 is 1.96 bits per heavy atom. The maximum atomic E-state index is 5.06. The van der Waals surface area contributed by atoms with Crippen LogP contribution in [-0.2, 0) is 13.0 Å². The second kappa shape index (κ2) is 6.93. The molecule has 2 aliphatic rings. The van der Waals surface area contributed by atoms with E-state index in [1.807, 2.05) is 0 Å². The number of fused-ring (bicyclic) bond motifs is 1. The standard InChI is InChI=1S/C21H24BrN3/c1-15-3-2-4-16(11-15)14-24-20-21(7-9-23-10-8-21)13-17-12-18(22)5-6-19(17)25-20/h2-6,11-12,23H,7-10,13-14H2,1H3,(H,24,25). The zero-order chi connectivity index (χ0) is 17.3. The Morgan fingerprint density at radius 1 is 1.12 bits per heavy atom. The minimum Gasteiger partial charge on any atom is -0.343 e. The van der Waals surface area contributed by atoms with Crippen LogP contribution in [0.2, 0.25) is 0 Å². The third-order valence-electron chi connectivity index (χ3n) is 5.41. The van der Waals surface area contributed by atoms with E-state index < -0.39 is 0 Å². The molecule has 4 rings (SSSR count). The molecule has 2 aliphatic heterocycles. The third kappa shape index (κ3) is 3.51. The van der Waals surface area contributed by atoms with E-state index in [1.54, 1.807) is 0 Å². The van der Waals surface area contributed by atoms with E-state index in [0.29, 0.717) is 0 Å². The third-order valence-corrected chi connectivity index (χ3v) is 5.91. The molecule has 2 N–H and O–H groups in total. The summed E-state index contributed by atoms with van der Waals surface area (Å²) in [6, 6.07) is 15.2. The van der Waals surface area contributed by atoms with Crippen molar-refractivity contribution in [1.29, 1.82) is 0 Å². The first-order chi connectivity index (χ1) is 12.1. The van der Waals surface area contributed by atoms with Gasteiger partial charge < -0.3 is 10.6 Å². The molecule has 0 radical (unpaired) electrons. The summed E-state index contributed by atoms with van der Waals surface area (Å²) in [5.74, 6) is 1.17.